The lowest BCUT2D eigenvalue weighted by Gasteiger charge is -2.09. The van der Waals surface area contributed by atoms with Crippen molar-refractivity contribution in [2.75, 3.05) is 10.6 Å². The molecule has 2 heterocycles. The van der Waals surface area contributed by atoms with Gasteiger partial charge in [-0.15, -0.1) is 0 Å². The van der Waals surface area contributed by atoms with E-state index in [-0.39, 0.29) is 11.9 Å². The number of carbonyl (C=O) groups is 2. The largest absolute Gasteiger partial charge is 0.467 e. The molecule has 0 bridgehead atoms. The van der Waals surface area contributed by atoms with E-state index >= 15 is 0 Å². The lowest BCUT2D eigenvalue weighted by Crippen LogP contribution is -2.27. The zero-order valence-corrected chi connectivity index (χ0v) is 14.7. The van der Waals surface area contributed by atoms with Crippen molar-refractivity contribution in [3.8, 4) is 0 Å². The van der Waals surface area contributed by atoms with Gasteiger partial charge in [0, 0.05) is 16.9 Å². The van der Waals surface area contributed by atoms with Gasteiger partial charge >= 0.3 is 6.03 Å². The van der Waals surface area contributed by atoms with E-state index in [2.05, 4.69) is 25.9 Å². The number of furan rings is 1. The predicted octanol–water partition coefficient (Wildman–Crippen LogP) is 3.73. The SMILES string of the molecule is O=C(NCc1ccco1)Nc1ccc(NC(=O)c2ccc3nc[nH]c3c2)cc1. The van der Waals surface area contributed by atoms with E-state index in [0.717, 1.165) is 11.0 Å². The molecule has 0 radical (unpaired) electrons. The summed E-state index contributed by atoms with van der Waals surface area (Å²) in [5.74, 6) is 0.440. The quantitative estimate of drug-likeness (QED) is 0.426. The number of rotatable bonds is 5. The normalized spacial score (nSPS) is 10.6. The number of anilines is 2. The molecule has 0 unspecified atom stereocenters. The Morgan fingerprint density at radius 3 is 2.54 bits per heavy atom. The molecule has 4 rings (SSSR count). The standard InChI is InChI=1S/C20H17N5O3/c26-19(13-3-8-17-18(10-13)23-12-22-17)24-14-4-6-15(7-5-14)25-20(27)21-11-16-2-1-9-28-16/h1-10,12H,11H2,(H,22,23)(H,24,26)(H2,21,25,27). The van der Waals surface area contributed by atoms with E-state index < -0.39 is 0 Å². The highest BCUT2D eigenvalue weighted by atomic mass is 16.3. The number of amides is 3. The Hall–Kier alpha value is -4.07. The van der Waals surface area contributed by atoms with Crippen LogP contribution in [-0.2, 0) is 6.54 Å². The lowest BCUT2D eigenvalue weighted by molar-refractivity contribution is 0.102. The Morgan fingerprint density at radius 2 is 1.79 bits per heavy atom. The topological polar surface area (TPSA) is 112 Å². The van der Waals surface area contributed by atoms with Crippen LogP contribution in [0.25, 0.3) is 11.0 Å². The van der Waals surface area contributed by atoms with Gasteiger partial charge in [0.2, 0.25) is 0 Å². The van der Waals surface area contributed by atoms with Crippen LogP contribution in [0.15, 0.2) is 71.6 Å². The average molecular weight is 375 g/mol. The molecule has 0 fully saturated rings. The number of imidazole rings is 1. The van der Waals surface area contributed by atoms with Crippen LogP contribution in [0.4, 0.5) is 16.2 Å². The molecule has 28 heavy (non-hydrogen) atoms. The molecule has 0 aliphatic rings. The van der Waals surface area contributed by atoms with E-state index in [1.54, 1.807) is 67.2 Å². The average Bonchev–Trinajstić information content (AvgIpc) is 3.39. The van der Waals surface area contributed by atoms with Crippen LogP contribution < -0.4 is 16.0 Å². The fourth-order valence-electron chi connectivity index (χ4n) is 2.67. The van der Waals surface area contributed by atoms with E-state index in [1.165, 1.54) is 0 Å². The third-order valence-corrected chi connectivity index (χ3v) is 4.09. The third kappa shape index (κ3) is 4.01. The van der Waals surface area contributed by atoms with Crippen molar-refractivity contribution in [2.45, 2.75) is 6.54 Å². The molecule has 3 amide bonds. The van der Waals surface area contributed by atoms with Gasteiger partial charge in [-0.1, -0.05) is 0 Å². The fraction of sp³-hybridized carbons (Fsp3) is 0.0500. The summed E-state index contributed by atoms with van der Waals surface area (Å²) in [7, 11) is 0. The Balaban J connectivity index is 1.33. The maximum absolute atomic E-state index is 12.4. The van der Waals surface area contributed by atoms with Crippen LogP contribution in [0.1, 0.15) is 16.1 Å². The number of hydrogen-bond donors (Lipinski definition) is 4. The molecular formula is C20H17N5O3. The number of H-pyrrole nitrogens is 1. The second-order valence-corrected chi connectivity index (χ2v) is 6.05. The molecule has 0 saturated heterocycles. The number of aromatic nitrogens is 2. The first kappa shape index (κ1) is 17.3. The van der Waals surface area contributed by atoms with Crippen LogP contribution in [0, 0.1) is 0 Å². The van der Waals surface area contributed by atoms with Gasteiger partial charge in [0.25, 0.3) is 5.91 Å². The summed E-state index contributed by atoms with van der Waals surface area (Å²) in [6, 6.07) is 15.3. The summed E-state index contributed by atoms with van der Waals surface area (Å²) in [6.45, 7) is 0.299. The summed E-state index contributed by atoms with van der Waals surface area (Å²) in [5.41, 5.74) is 3.35. The van der Waals surface area contributed by atoms with Gasteiger partial charge in [0.05, 0.1) is 30.2 Å². The second kappa shape index (κ2) is 7.67. The van der Waals surface area contributed by atoms with Gasteiger partial charge in [0.1, 0.15) is 5.76 Å². The second-order valence-electron chi connectivity index (χ2n) is 6.05. The first-order valence-corrected chi connectivity index (χ1v) is 8.59. The fourth-order valence-corrected chi connectivity index (χ4v) is 2.67. The Kier molecular flexibility index (Phi) is 4.75. The predicted molar refractivity (Wildman–Crippen MR) is 105 cm³/mol. The van der Waals surface area contributed by atoms with Gasteiger partial charge in [-0.2, -0.15) is 0 Å². The van der Waals surface area contributed by atoms with Crippen molar-refractivity contribution in [1.82, 2.24) is 15.3 Å². The first-order chi connectivity index (χ1) is 13.7. The van der Waals surface area contributed by atoms with E-state index in [0.29, 0.717) is 29.2 Å². The highest BCUT2D eigenvalue weighted by molar-refractivity contribution is 6.06. The molecule has 4 N–H and O–H groups in total. The Morgan fingerprint density at radius 1 is 1.00 bits per heavy atom. The molecule has 8 nitrogen and oxygen atoms in total. The number of aromatic amines is 1. The monoisotopic (exact) mass is 375 g/mol. The third-order valence-electron chi connectivity index (χ3n) is 4.09. The smallest absolute Gasteiger partial charge is 0.319 e. The number of nitrogens with zero attached hydrogens (tertiary/aromatic N) is 1. The number of benzene rings is 2. The minimum atomic E-state index is -0.346. The minimum Gasteiger partial charge on any atom is -0.467 e. The number of nitrogens with one attached hydrogen (secondary N) is 4. The molecule has 2 aromatic carbocycles. The van der Waals surface area contributed by atoms with E-state index in [9.17, 15) is 9.59 Å². The zero-order chi connectivity index (χ0) is 19.3. The number of carbonyl (C=O) groups excluding carboxylic acids is 2. The van der Waals surface area contributed by atoms with Gasteiger partial charge in [-0.05, 0) is 54.6 Å². The van der Waals surface area contributed by atoms with Gasteiger partial charge in [-0.3, -0.25) is 4.79 Å². The highest BCUT2D eigenvalue weighted by Gasteiger charge is 2.08. The molecular weight excluding hydrogens is 358 g/mol. The maximum atomic E-state index is 12.4. The van der Waals surface area contributed by atoms with Crippen molar-refractivity contribution < 1.29 is 14.0 Å². The van der Waals surface area contributed by atoms with Crippen molar-refractivity contribution in [1.29, 1.82) is 0 Å². The molecule has 0 spiro atoms. The molecule has 0 atom stereocenters. The van der Waals surface area contributed by atoms with Gasteiger partial charge in [0.15, 0.2) is 0 Å². The summed E-state index contributed by atoms with van der Waals surface area (Å²) in [4.78, 5) is 31.4. The van der Waals surface area contributed by atoms with Crippen LogP contribution in [0.5, 0.6) is 0 Å². The molecule has 0 aliphatic carbocycles. The highest BCUT2D eigenvalue weighted by Crippen LogP contribution is 2.16. The maximum Gasteiger partial charge on any atom is 0.319 e. The van der Waals surface area contributed by atoms with Crippen LogP contribution in [-0.4, -0.2) is 21.9 Å². The minimum absolute atomic E-state index is 0.228. The summed E-state index contributed by atoms with van der Waals surface area (Å²) in [5, 5.41) is 8.24. The molecule has 0 saturated carbocycles. The lowest BCUT2D eigenvalue weighted by atomic mass is 10.2. The van der Waals surface area contributed by atoms with Crippen molar-refractivity contribution in [3.05, 3.63) is 78.5 Å². The summed E-state index contributed by atoms with van der Waals surface area (Å²) < 4.78 is 5.15. The molecule has 0 aliphatic heterocycles. The van der Waals surface area contributed by atoms with E-state index in [4.69, 9.17) is 4.42 Å². The van der Waals surface area contributed by atoms with Crippen molar-refractivity contribution >= 4 is 34.3 Å². The summed E-state index contributed by atoms with van der Waals surface area (Å²) in [6.07, 6.45) is 3.14. The molecule has 4 aromatic rings. The van der Waals surface area contributed by atoms with Crippen molar-refractivity contribution in [2.24, 2.45) is 0 Å². The number of urea groups is 1. The Bertz CT molecular complexity index is 1100. The van der Waals surface area contributed by atoms with E-state index in [1.807, 2.05) is 0 Å². The number of hydrogen-bond acceptors (Lipinski definition) is 4. The van der Waals surface area contributed by atoms with Crippen LogP contribution >= 0.6 is 0 Å². The van der Waals surface area contributed by atoms with Crippen molar-refractivity contribution in [3.63, 3.8) is 0 Å². The van der Waals surface area contributed by atoms with Crippen LogP contribution in [0.3, 0.4) is 0 Å². The molecule has 140 valence electrons. The Labute approximate surface area is 160 Å². The first-order valence-electron chi connectivity index (χ1n) is 8.59. The number of fused-ring (bicyclic) bond motifs is 1. The zero-order valence-electron chi connectivity index (χ0n) is 14.7. The summed E-state index contributed by atoms with van der Waals surface area (Å²) >= 11 is 0. The van der Waals surface area contributed by atoms with Crippen LogP contribution in [0.2, 0.25) is 0 Å². The van der Waals surface area contributed by atoms with Gasteiger partial charge in [-0.25, -0.2) is 9.78 Å². The molecule has 2 aromatic heterocycles. The molecule has 8 heteroatoms. The van der Waals surface area contributed by atoms with Gasteiger partial charge < -0.3 is 25.4 Å².